The van der Waals surface area contributed by atoms with Crippen LogP contribution in [0, 0.1) is 13.8 Å². The van der Waals surface area contributed by atoms with Gasteiger partial charge in [-0.05, 0) is 49.2 Å². The van der Waals surface area contributed by atoms with Gasteiger partial charge in [0.25, 0.3) is 11.8 Å². The molecule has 1 saturated heterocycles. The number of hydrogen-bond donors (Lipinski definition) is 0. The quantitative estimate of drug-likeness (QED) is 0.440. The lowest BCUT2D eigenvalue weighted by Gasteiger charge is -2.35. The van der Waals surface area contributed by atoms with Crippen molar-refractivity contribution in [3.63, 3.8) is 0 Å². The van der Waals surface area contributed by atoms with E-state index in [-0.39, 0.29) is 11.8 Å². The molecular weight excluding hydrogens is 481 g/mol. The molecule has 3 aromatic rings. The summed E-state index contributed by atoms with van der Waals surface area (Å²) in [5.74, 6) is -0.382. The Balaban J connectivity index is 1.70. The topological polar surface area (TPSA) is 45.6 Å². The number of para-hydroxylation sites is 1. The van der Waals surface area contributed by atoms with E-state index in [1.807, 2.05) is 49.4 Å². The Morgan fingerprint density at radius 2 is 1.48 bits per heavy atom. The molecule has 4 rings (SSSR count). The Hall–Kier alpha value is -2.47. The smallest absolute Gasteiger partial charge is 0.255 e. The van der Waals surface area contributed by atoms with Crippen LogP contribution in [0.5, 0.6) is 0 Å². The number of halogens is 3. The van der Waals surface area contributed by atoms with Crippen molar-refractivity contribution < 1.29 is 9.59 Å². The van der Waals surface area contributed by atoms with Crippen LogP contribution in [-0.2, 0) is 4.79 Å². The van der Waals surface area contributed by atoms with Crippen LogP contribution in [-0.4, -0.2) is 57.2 Å². The molecule has 172 valence electrons. The molecule has 1 aliphatic rings. The lowest BCUT2D eigenvalue weighted by atomic mass is 10.1. The third kappa shape index (κ3) is 4.77. The lowest BCUT2D eigenvalue weighted by molar-refractivity contribution is -0.130. The van der Waals surface area contributed by atoms with Gasteiger partial charge in [0, 0.05) is 42.6 Å². The maximum absolute atomic E-state index is 13.5. The highest BCUT2D eigenvalue weighted by Gasteiger charge is 2.29. The number of nitrogens with zero attached hydrogens (tertiary/aromatic N) is 3. The van der Waals surface area contributed by atoms with E-state index in [2.05, 4.69) is 23.6 Å². The minimum Gasteiger partial charge on any atom is -0.337 e. The molecule has 5 nitrogen and oxygen atoms in total. The molecule has 0 N–H and O–H groups in total. The first-order chi connectivity index (χ1) is 15.8. The number of carbonyl (C=O) groups excluding carboxylic acids is 2. The molecule has 0 radical (unpaired) electrons. The molecule has 1 fully saturated rings. The lowest BCUT2D eigenvalue weighted by Crippen LogP contribution is -2.51. The summed E-state index contributed by atoms with van der Waals surface area (Å²) < 4.78 is 2.12. The van der Waals surface area contributed by atoms with E-state index in [0.29, 0.717) is 36.8 Å². The van der Waals surface area contributed by atoms with E-state index < -0.39 is 4.84 Å². The van der Waals surface area contributed by atoms with Crippen LogP contribution < -0.4 is 0 Å². The molecule has 2 amide bonds. The molecule has 0 spiro atoms. The van der Waals surface area contributed by atoms with Gasteiger partial charge in [0.1, 0.15) is 0 Å². The molecule has 1 aliphatic heterocycles. The third-order valence-corrected chi connectivity index (χ3v) is 6.66. The number of alkyl halides is 2. The average Bonchev–Trinajstić information content (AvgIpc) is 3.15. The van der Waals surface area contributed by atoms with Gasteiger partial charge in [-0.2, -0.15) is 0 Å². The molecule has 0 atom stereocenters. The molecule has 8 heteroatoms. The minimum absolute atomic E-state index is 0.0598. The van der Waals surface area contributed by atoms with Crippen LogP contribution >= 0.6 is 34.8 Å². The SMILES string of the molecule is Cc1ccccc1-n1c(-c2ccc(Cl)cc2)cc(C(=O)N2CCN(C(=O)C(Cl)Cl)CC2)c1C. The number of aromatic nitrogens is 1. The summed E-state index contributed by atoms with van der Waals surface area (Å²) in [4.78, 5) is 27.9. The van der Waals surface area contributed by atoms with Crippen molar-refractivity contribution in [1.29, 1.82) is 0 Å². The average molecular weight is 505 g/mol. The first kappa shape index (κ1) is 23.7. The van der Waals surface area contributed by atoms with Crippen molar-refractivity contribution in [2.45, 2.75) is 18.7 Å². The summed E-state index contributed by atoms with van der Waals surface area (Å²) in [6, 6.07) is 17.6. The van der Waals surface area contributed by atoms with Crippen molar-refractivity contribution in [2.75, 3.05) is 26.2 Å². The molecule has 0 bridgehead atoms. The number of piperazine rings is 1. The van der Waals surface area contributed by atoms with Crippen LogP contribution in [0.15, 0.2) is 54.6 Å². The number of benzene rings is 2. The van der Waals surface area contributed by atoms with Crippen molar-refractivity contribution in [3.8, 4) is 16.9 Å². The van der Waals surface area contributed by atoms with Gasteiger partial charge >= 0.3 is 0 Å². The van der Waals surface area contributed by atoms with Gasteiger partial charge in [0.05, 0.1) is 11.3 Å². The zero-order valence-corrected chi connectivity index (χ0v) is 20.7. The second-order valence-corrected chi connectivity index (χ2v) is 9.61. The summed E-state index contributed by atoms with van der Waals surface area (Å²) in [6.07, 6.45) is 0. The summed E-state index contributed by atoms with van der Waals surface area (Å²) in [5, 5.41) is 0.657. The van der Waals surface area contributed by atoms with Crippen molar-refractivity contribution >= 4 is 46.6 Å². The summed E-state index contributed by atoms with van der Waals surface area (Å²) in [7, 11) is 0. The maximum atomic E-state index is 13.5. The fourth-order valence-electron chi connectivity index (χ4n) is 4.22. The predicted octanol–water partition coefficient (Wildman–Crippen LogP) is 5.50. The van der Waals surface area contributed by atoms with Crippen LogP contribution in [0.3, 0.4) is 0 Å². The highest BCUT2D eigenvalue weighted by molar-refractivity contribution is 6.53. The Labute approximate surface area is 208 Å². The van der Waals surface area contributed by atoms with Crippen LogP contribution in [0.25, 0.3) is 16.9 Å². The maximum Gasteiger partial charge on any atom is 0.255 e. The highest BCUT2D eigenvalue weighted by Crippen LogP contribution is 2.32. The predicted molar refractivity (Wildman–Crippen MR) is 134 cm³/mol. The zero-order valence-electron chi connectivity index (χ0n) is 18.4. The normalized spacial score (nSPS) is 14.1. The van der Waals surface area contributed by atoms with E-state index >= 15 is 0 Å². The van der Waals surface area contributed by atoms with Crippen molar-refractivity contribution in [2.24, 2.45) is 0 Å². The highest BCUT2D eigenvalue weighted by atomic mass is 35.5. The second kappa shape index (κ2) is 9.80. The van der Waals surface area contributed by atoms with E-state index in [9.17, 15) is 9.59 Å². The third-order valence-electron chi connectivity index (χ3n) is 6.04. The number of hydrogen-bond acceptors (Lipinski definition) is 2. The zero-order chi connectivity index (χ0) is 23.7. The van der Waals surface area contributed by atoms with E-state index in [1.165, 1.54) is 0 Å². The number of rotatable bonds is 4. The van der Waals surface area contributed by atoms with Crippen LogP contribution in [0.4, 0.5) is 0 Å². The molecule has 0 saturated carbocycles. The van der Waals surface area contributed by atoms with E-state index in [1.54, 1.807) is 9.80 Å². The summed E-state index contributed by atoms with van der Waals surface area (Å²) >= 11 is 17.5. The Morgan fingerprint density at radius 1 is 0.879 bits per heavy atom. The standard InChI is InChI=1S/C25H24Cl3N3O2/c1-16-5-3-4-6-21(16)31-17(2)20(15-22(31)18-7-9-19(26)10-8-18)24(32)29-11-13-30(14-12-29)25(33)23(27)28/h3-10,15,23H,11-14H2,1-2H3. The Kier molecular flexibility index (Phi) is 7.03. The molecule has 1 aromatic heterocycles. The monoisotopic (exact) mass is 503 g/mol. The minimum atomic E-state index is -1.08. The first-order valence-corrected chi connectivity index (χ1v) is 11.9. The number of carbonyl (C=O) groups is 2. The van der Waals surface area contributed by atoms with E-state index in [4.69, 9.17) is 34.8 Å². The van der Waals surface area contributed by atoms with Gasteiger partial charge in [-0.3, -0.25) is 9.59 Å². The fourth-order valence-corrected chi connectivity index (χ4v) is 4.62. The molecule has 0 aliphatic carbocycles. The largest absolute Gasteiger partial charge is 0.337 e. The van der Waals surface area contributed by atoms with Gasteiger partial charge in [-0.1, -0.05) is 65.1 Å². The van der Waals surface area contributed by atoms with Crippen LogP contribution in [0.2, 0.25) is 5.02 Å². The molecule has 33 heavy (non-hydrogen) atoms. The fraction of sp³-hybridized carbons (Fsp3) is 0.280. The molecule has 2 heterocycles. The Morgan fingerprint density at radius 3 is 2.09 bits per heavy atom. The Bertz CT molecular complexity index is 1180. The molecule has 2 aromatic carbocycles. The van der Waals surface area contributed by atoms with Gasteiger partial charge in [0.15, 0.2) is 4.84 Å². The second-order valence-electron chi connectivity index (χ2n) is 8.08. The number of amides is 2. The number of aryl methyl sites for hydroxylation is 1. The van der Waals surface area contributed by atoms with Crippen LogP contribution in [0.1, 0.15) is 21.6 Å². The van der Waals surface area contributed by atoms with Crippen molar-refractivity contribution in [3.05, 3.63) is 76.4 Å². The first-order valence-electron chi connectivity index (χ1n) is 10.7. The van der Waals surface area contributed by atoms with Gasteiger partial charge in [0.2, 0.25) is 0 Å². The van der Waals surface area contributed by atoms with Gasteiger partial charge in [-0.15, -0.1) is 0 Å². The van der Waals surface area contributed by atoms with Crippen molar-refractivity contribution in [1.82, 2.24) is 14.4 Å². The summed E-state index contributed by atoms with van der Waals surface area (Å²) in [5.41, 5.74) is 5.51. The van der Waals surface area contributed by atoms with Gasteiger partial charge < -0.3 is 14.4 Å². The molecular formula is C25H24Cl3N3O2. The van der Waals surface area contributed by atoms with E-state index in [0.717, 1.165) is 28.2 Å². The van der Waals surface area contributed by atoms with Gasteiger partial charge in [-0.25, -0.2) is 0 Å². The molecule has 0 unspecified atom stereocenters. The summed E-state index contributed by atoms with van der Waals surface area (Å²) in [6.45, 7) is 5.68.